The molecule has 1 saturated heterocycles. The molecule has 7 heteroatoms. The van der Waals surface area contributed by atoms with Crippen LogP contribution in [-0.2, 0) is 0 Å². The third kappa shape index (κ3) is 2.80. The molecule has 1 saturated carbocycles. The second kappa shape index (κ2) is 5.81. The van der Waals surface area contributed by atoms with Crippen molar-refractivity contribution in [2.45, 2.75) is 22.9 Å². The fourth-order valence-electron chi connectivity index (χ4n) is 3.21. The molecule has 1 aliphatic carbocycles. The predicted octanol–water partition coefficient (Wildman–Crippen LogP) is 2.92. The Morgan fingerprint density at radius 1 is 1.26 bits per heavy atom. The van der Waals surface area contributed by atoms with Crippen molar-refractivity contribution in [1.82, 2.24) is 9.97 Å². The summed E-state index contributed by atoms with van der Waals surface area (Å²) >= 11 is 13.8. The summed E-state index contributed by atoms with van der Waals surface area (Å²) < 4.78 is 0. The van der Waals surface area contributed by atoms with E-state index in [0.717, 1.165) is 46.4 Å². The van der Waals surface area contributed by atoms with Gasteiger partial charge in [0.25, 0.3) is 0 Å². The van der Waals surface area contributed by atoms with E-state index in [9.17, 15) is 0 Å². The second-order valence-electron chi connectivity index (χ2n) is 6.17. The van der Waals surface area contributed by atoms with Crippen molar-refractivity contribution >= 4 is 40.8 Å². The summed E-state index contributed by atoms with van der Waals surface area (Å²) in [4.78, 5) is 12.5. The van der Waals surface area contributed by atoms with Gasteiger partial charge in [0.2, 0.25) is 0 Å². The lowest BCUT2D eigenvalue weighted by molar-refractivity contribution is -0.393. The summed E-state index contributed by atoms with van der Waals surface area (Å²) in [5.74, 6) is 2.45. The zero-order valence-electron chi connectivity index (χ0n) is 12.7. The molecule has 2 atom stereocenters. The van der Waals surface area contributed by atoms with Crippen LogP contribution >= 0.6 is 35.0 Å². The summed E-state index contributed by atoms with van der Waals surface area (Å²) in [5.41, 5.74) is 5.08. The molecule has 2 aromatic rings. The van der Waals surface area contributed by atoms with E-state index in [1.807, 2.05) is 25.3 Å². The van der Waals surface area contributed by atoms with Crippen LogP contribution < -0.4 is 10.6 Å². The molecule has 23 heavy (non-hydrogen) atoms. The van der Waals surface area contributed by atoms with Gasteiger partial charge in [-0.15, -0.1) is 0 Å². The Morgan fingerprint density at radius 2 is 2.00 bits per heavy atom. The predicted molar refractivity (Wildman–Crippen MR) is 93.2 cm³/mol. The highest BCUT2D eigenvalue weighted by atomic mass is 35.5. The van der Waals surface area contributed by atoms with Crippen LogP contribution in [0.15, 0.2) is 34.3 Å². The van der Waals surface area contributed by atoms with Crippen LogP contribution in [0.3, 0.4) is 0 Å². The number of piperidine rings is 1. The number of hydrogen-bond acceptors (Lipinski definition) is 4. The van der Waals surface area contributed by atoms with Gasteiger partial charge in [-0.25, -0.2) is 9.97 Å². The molecular weight excluding hydrogens is 351 g/mol. The maximum absolute atomic E-state index is 6.25. The number of halogens is 2. The summed E-state index contributed by atoms with van der Waals surface area (Å²) in [6.45, 7) is 4.09. The van der Waals surface area contributed by atoms with Gasteiger partial charge in [-0.1, -0.05) is 41.0 Å². The van der Waals surface area contributed by atoms with E-state index in [1.54, 1.807) is 6.07 Å². The van der Waals surface area contributed by atoms with Gasteiger partial charge in [-0.05, 0) is 19.1 Å². The Bertz CT molecular complexity index is 758. The topological polar surface area (TPSA) is 56.7 Å². The largest absolute Gasteiger partial charge is 0.355 e. The highest BCUT2D eigenvalue weighted by Gasteiger charge is 2.57. The smallest absolute Gasteiger partial charge is 0.147 e. The van der Waals surface area contributed by atoms with Gasteiger partial charge in [-0.2, -0.15) is 0 Å². The van der Waals surface area contributed by atoms with Crippen molar-refractivity contribution in [3.63, 3.8) is 0 Å². The van der Waals surface area contributed by atoms with Crippen molar-refractivity contribution in [2.24, 2.45) is 11.8 Å². The van der Waals surface area contributed by atoms with E-state index in [2.05, 4.69) is 15.6 Å². The number of quaternary nitrogens is 1. The number of benzene rings is 1. The monoisotopic (exact) mass is 367 g/mol. The molecule has 2 unspecified atom stereocenters. The molecule has 2 aliphatic rings. The highest BCUT2D eigenvalue weighted by molar-refractivity contribution is 7.99. The molecule has 1 aromatic heterocycles. The summed E-state index contributed by atoms with van der Waals surface area (Å²) in [6, 6.07) is 6.25. The molecule has 0 amide bonds. The van der Waals surface area contributed by atoms with Crippen LogP contribution in [0.1, 0.15) is 5.69 Å². The number of hydrogen-bond donors (Lipinski definition) is 1. The lowest BCUT2D eigenvalue weighted by atomic mass is 10.4. The first kappa shape index (κ1) is 15.5. The molecule has 4 nitrogen and oxygen atoms in total. The first-order valence-corrected chi connectivity index (χ1v) is 9.15. The molecule has 0 bridgehead atoms. The fraction of sp³-hybridized carbons (Fsp3) is 0.375. The third-order valence-electron chi connectivity index (χ3n) is 4.71. The van der Waals surface area contributed by atoms with E-state index >= 15 is 0 Å². The Kier molecular flexibility index (Phi) is 3.92. The van der Waals surface area contributed by atoms with Crippen molar-refractivity contribution in [2.75, 3.05) is 18.0 Å². The minimum atomic E-state index is 0.554. The Morgan fingerprint density at radius 3 is 2.70 bits per heavy atom. The zero-order valence-corrected chi connectivity index (χ0v) is 15.0. The SMILES string of the molecule is Cc1nc(N2CC3C([NH3+])C3C2)cnc1Sc1cccc(Cl)c1Cl. The zero-order chi connectivity index (χ0) is 16.1. The first-order chi connectivity index (χ1) is 11.0. The third-order valence-corrected chi connectivity index (χ3v) is 6.79. The number of aromatic nitrogens is 2. The van der Waals surface area contributed by atoms with Crippen LogP contribution in [0.5, 0.6) is 0 Å². The average molecular weight is 368 g/mol. The molecule has 2 heterocycles. The molecule has 120 valence electrons. The van der Waals surface area contributed by atoms with Gasteiger partial charge in [0.05, 0.1) is 28.0 Å². The molecule has 1 aliphatic heterocycles. The second-order valence-corrected chi connectivity index (χ2v) is 7.99. The number of anilines is 1. The van der Waals surface area contributed by atoms with E-state index in [-0.39, 0.29) is 0 Å². The van der Waals surface area contributed by atoms with E-state index in [0.29, 0.717) is 16.1 Å². The summed E-state index contributed by atoms with van der Waals surface area (Å²) in [7, 11) is 0. The molecular formula is C16H17Cl2N4S+. The van der Waals surface area contributed by atoms with Crippen molar-refractivity contribution < 1.29 is 5.73 Å². The number of aryl methyl sites for hydroxylation is 1. The average Bonchev–Trinajstić information content (AvgIpc) is 2.96. The number of nitrogens with zero attached hydrogens (tertiary/aromatic N) is 3. The van der Waals surface area contributed by atoms with Crippen molar-refractivity contribution in [3.8, 4) is 0 Å². The molecule has 2 fully saturated rings. The Balaban J connectivity index is 1.53. The highest BCUT2D eigenvalue weighted by Crippen LogP contribution is 2.44. The fourth-order valence-corrected chi connectivity index (χ4v) is 4.54. The van der Waals surface area contributed by atoms with Crippen LogP contribution in [0.25, 0.3) is 0 Å². The van der Waals surface area contributed by atoms with Crippen molar-refractivity contribution in [1.29, 1.82) is 0 Å². The van der Waals surface area contributed by atoms with Crippen LogP contribution in [0, 0.1) is 18.8 Å². The van der Waals surface area contributed by atoms with Gasteiger partial charge < -0.3 is 10.6 Å². The van der Waals surface area contributed by atoms with Gasteiger partial charge in [0.1, 0.15) is 10.8 Å². The maximum Gasteiger partial charge on any atom is 0.147 e. The van der Waals surface area contributed by atoms with Gasteiger partial charge in [0, 0.05) is 29.8 Å². The lowest BCUT2D eigenvalue weighted by Gasteiger charge is -2.20. The van der Waals surface area contributed by atoms with E-state index < -0.39 is 0 Å². The summed E-state index contributed by atoms with van der Waals surface area (Å²) in [6.07, 6.45) is 1.86. The van der Waals surface area contributed by atoms with E-state index in [4.69, 9.17) is 28.2 Å². The molecule has 0 spiro atoms. The minimum absolute atomic E-state index is 0.554. The molecule has 3 N–H and O–H groups in total. The first-order valence-electron chi connectivity index (χ1n) is 7.58. The number of fused-ring (bicyclic) bond motifs is 1. The van der Waals surface area contributed by atoms with Crippen molar-refractivity contribution in [3.05, 3.63) is 40.1 Å². The Labute approximate surface area is 149 Å². The molecule has 0 radical (unpaired) electrons. The molecule has 4 rings (SSSR count). The van der Waals surface area contributed by atoms with Crippen LogP contribution in [0.2, 0.25) is 10.0 Å². The summed E-state index contributed by atoms with van der Waals surface area (Å²) in [5, 5.41) is 1.97. The minimum Gasteiger partial charge on any atom is -0.355 e. The lowest BCUT2D eigenvalue weighted by Crippen LogP contribution is -2.56. The van der Waals surface area contributed by atoms with Gasteiger partial charge in [0.15, 0.2) is 0 Å². The standard InChI is InChI=1S/C16H16Cl2N4S/c1-8-16(23-12-4-2-3-11(17)14(12)18)20-5-13(21-8)22-6-9-10(7-22)15(9)19/h2-5,9-10,15H,6-7,19H2,1H3/p+1. The normalized spacial score (nSPS) is 25.6. The maximum atomic E-state index is 6.25. The van der Waals surface area contributed by atoms with Gasteiger partial charge in [-0.3, -0.25) is 0 Å². The molecule has 1 aromatic carbocycles. The van der Waals surface area contributed by atoms with E-state index in [1.165, 1.54) is 11.8 Å². The van der Waals surface area contributed by atoms with Crippen LogP contribution in [0.4, 0.5) is 5.82 Å². The quantitative estimate of drug-likeness (QED) is 0.905. The van der Waals surface area contributed by atoms with Gasteiger partial charge >= 0.3 is 0 Å². The van der Waals surface area contributed by atoms with Crippen LogP contribution in [-0.4, -0.2) is 29.1 Å². The number of rotatable bonds is 3. The Hall–Kier alpha value is -1.01.